The molecule has 0 N–H and O–H groups in total. The summed E-state index contributed by atoms with van der Waals surface area (Å²) in [4.78, 5) is 0. The van der Waals surface area contributed by atoms with Gasteiger partial charge in [-0.15, -0.1) is 0 Å². The number of hydrogen-bond acceptors (Lipinski definition) is 7. The van der Waals surface area contributed by atoms with E-state index in [0.717, 1.165) is 113 Å². The summed E-state index contributed by atoms with van der Waals surface area (Å²) in [6.07, 6.45) is 66.1. The SMILES string of the molecule is CCCCCCCCCCOC(CCCCC)=C(OCCCCCCCCCC)C(CCCCCCCC)OCOCOC(CCCCCCCC)C(OCCCCCCCCCC)=C(CCCCC)OCCCCCCCCCC. The van der Waals surface area contributed by atoms with Gasteiger partial charge in [0.1, 0.15) is 23.7 Å². The summed E-state index contributed by atoms with van der Waals surface area (Å²) in [7, 11) is 0. The lowest BCUT2D eigenvalue weighted by Gasteiger charge is -2.26. The van der Waals surface area contributed by atoms with E-state index in [9.17, 15) is 0 Å². The largest absolute Gasteiger partial charge is 0.494 e. The summed E-state index contributed by atoms with van der Waals surface area (Å²) < 4.78 is 48.2. The van der Waals surface area contributed by atoms with E-state index in [2.05, 4.69) is 55.4 Å². The zero-order valence-corrected chi connectivity index (χ0v) is 56.4. The van der Waals surface area contributed by atoms with Crippen LogP contribution >= 0.6 is 0 Å². The molecular formula is C74H146O7. The van der Waals surface area contributed by atoms with E-state index in [1.165, 1.54) is 270 Å². The van der Waals surface area contributed by atoms with Crippen molar-refractivity contribution in [3.63, 3.8) is 0 Å². The minimum absolute atomic E-state index is 0.144. The minimum Gasteiger partial charge on any atom is -0.494 e. The van der Waals surface area contributed by atoms with Gasteiger partial charge in [-0.05, 0) is 51.4 Å². The number of allylic oxidation sites excluding steroid dienone is 2. The molecular weight excluding hydrogens is 1000 g/mol. The molecule has 0 aromatic rings. The molecule has 0 rings (SSSR count). The van der Waals surface area contributed by atoms with Crippen LogP contribution < -0.4 is 0 Å². The van der Waals surface area contributed by atoms with Gasteiger partial charge in [-0.1, -0.05) is 338 Å². The molecule has 81 heavy (non-hydrogen) atoms. The van der Waals surface area contributed by atoms with E-state index in [-0.39, 0.29) is 25.8 Å². The van der Waals surface area contributed by atoms with E-state index < -0.39 is 0 Å². The highest BCUT2D eigenvalue weighted by Gasteiger charge is 2.26. The lowest BCUT2D eigenvalue weighted by molar-refractivity contribution is -0.167. The quantitative estimate of drug-likeness (QED) is 0.0342. The standard InChI is InChI=1S/C74H146O7/c1-9-17-25-31-37-41-47-55-63-76-69(59-51-23-15-7)73(78-65-57-49-43-39-33-27-19-11-3)71(61-53-45-35-29-21-13-5)80-67-75-68-81-72(62-54-46-36-30-22-14-6)74(79-66-58-50-44-40-34-28-20-12-4)70(60-52-24-16-8)77-64-56-48-42-38-32-26-18-10-2/h71-72H,9-68H2,1-8H3. The van der Waals surface area contributed by atoms with Crippen LogP contribution in [0.3, 0.4) is 0 Å². The van der Waals surface area contributed by atoms with Gasteiger partial charge in [0, 0.05) is 12.8 Å². The van der Waals surface area contributed by atoms with Crippen molar-refractivity contribution < 1.29 is 33.2 Å². The van der Waals surface area contributed by atoms with Crippen LogP contribution in [0.4, 0.5) is 0 Å². The van der Waals surface area contributed by atoms with Gasteiger partial charge in [-0.2, -0.15) is 0 Å². The third-order valence-electron chi connectivity index (χ3n) is 16.6. The topological polar surface area (TPSA) is 64.6 Å². The second kappa shape index (κ2) is 67.7. The van der Waals surface area contributed by atoms with Crippen LogP contribution in [0, 0.1) is 0 Å². The molecule has 0 saturated carbocycles. The molecule has 2 unspecified atom stereocenters. The summed E-state index contributed by atoms with van der Waals surface area (Å²) in [5.41, 5.74) is 0. The van der Waals surface area contributed by atoms with Crippen molar-refractivity contribution in [3.8, 4) is 0 Å². The normalized spacial score (nSPS) is 13.1. The molecule has 0 heterocycles. The maximum atomic E-state index is 7.01. The first-order valence-electron chi connectivity index (χ1n) is 36.9. The molecule has 7 nitrogen and oxygen atoms in total. The van der Waals surface area contributed by atoms with Crippen molar-refractivity contribution in [2.45, 2.75) is 414 Å². The highest BCUT2D eigenvalue weighted by atomic mass is 16.7. The molecule has 0 amide bonds. The Balaban J connectivity index is 6.83. The highest BCUT2D eigenvalue weighted by molar-refractivity contribution is 5.09. The van der Waals surface area contributed by atoms with Crippen LogP contribution in [-0.4, -0.2) is 52.2 Å². The van der Waals surface area contributed by atoms with Crippen LogP contribution in [-0.2, 0) is 33.2 Å². The number of unbranched alkanes of at least 4 members (excludes halogenated alkanes) is 42. The molecule has 0 aliphatic heterocycles. The Morgan fingerprint density at radius 1 is 0.222 bits per heavy atom. The van der Waals surface area contributed by atoms with Crippen LogP contribution in [0.1, 0.15) is 402 Å². The third kappa shape index (κ3) is 53.7. The molecule has 0 saturated heterocycles. The zero-order chi connectivity index (χ0) is 58.8. The van der Waals surface area contributed by atoms with Crippen LogP contribution in [0.15, 0.2) is 23.0 Å². The van der Waals surface area contributed by atoms with Gasteiger partial charge in [0.2, 0.25) is 0 Å². The number of rotatable bonds is 70. The van der Waals surface area contributed by atoms with Gasteiger partial charge in [0.15, 0.2) is 25.1 Å². The molecule has 0 bridgehead atoms. The summed E-state index contributed by atoms with van der Waals surface area (Å²) in [5, 5.41) is 0. The van der Waals surface area contributed by atoms with E-state index in [1.54, 1.807) is 0 Å². The highest BCUT2D eigenvalue weighted by Crippen LogP contribution is 2.29. The Kier molecular flexibility index (Phi) is 66.5. The average Bonchev–Trinajstić information content (AvgIpc) is 3.48. The van der Waals surface area contributed by atoms with Crippen molar-refractivity contribution in [2.24, 2.45) is 0 Å². The Hall–Kier alpha value is -1.44. The lowest BCUT2D eigenvalue weighted by atomic mass is 10.0. The van der Waals surface area contributed by atoms with E-state index >= 15 is 0 Å². The average molecular weight is 1150 g/mol. The van der Waals surface area contributed by atoms with Gasteiger partial charge in [-0.25, -0.2) is 0 Å². The fourth-order valence-corrected chi connectivity index (χ4v) is 11.1. The summed E-state index contributed by atoms with van der Waals surface area (Å²) >= 11 is 0. The maximum Gasteiger partial charge on any atom is 0.162 e. The predicted molar refractivity (Wildman–Crippen MR) is 353 cm³/mol. The number of ether oxygens (including phenoxy) is 7. The molecule has 0 radical (unpaired) electrons. The van der Waals surface area contributed by atoms with E-state index in [4.69, 9.17) is 33.2 Å². The predicted octanol–water partition coefficient (Wildman–Crippen LogP) is 25.4. The van der Waals surface area contributed by atoms with Crippen LogP contribution in [0.5, 0.6) is 0 Å². The second-order valence-corrected chi connectivity index (χ2v) is 24.6. The molecule has 0 aliphatic carbocycles. The Labute approximate surface area is 508 Å². The Morgan fingerprint density at radius 3 is 0.691 bits per heavy atom. The smallest absolute Gasteiger partial charge is 0.162 e. The van der Waals surface area contributed by atoms with Crippen LogP contribution in [0.25, 0.3) is 0 Å². The molecule has 0 spiro atoms. The van der Waals surface area contributed by atoms with Crippen molar-refractivity contribution in [1.82, 2.24) is 0 Å². The van der Waals surface area contributed by atoms with Gasteiger partial charge >= 0.3 is 0 Å². The second-order valence-electron chi connectivity index (χ2n) is 24.6. The van der Waals surface area contributed by atoms with Gasteiger partial charge in [-0.3, -0.25) is 0 Å². The molecule has 2 atom stereocenters. The van der Waals surface area contributed by atoms with E-state index in [0.29, 0.717) is 13.2 Å². The van der Waals surface area contributed by atoms with Crippen LogP contribution in [0.2, 0.25) is 0 Å². The fourth-order valence-electron chi connectivity index (χ4n) is 11.1. The summed E-state index contributed by atoms with van der Waals surface area (Å²) in [5.74, 6) is 3.95. The third-order valence-corrected chi connectivity index (χ3v) is 16.6. The van der Waals surface area contributed by atoms with E-state index in [1.807, 2.05) is 0 Å². The molecule has 7 heteroatoms. The summed E-state index contributed by atoms with van der Waals surface area (Å²) in [6, 6.07) is 0. The van der Waals surface area contributed by atoms with Crippen molar-refractivity contribution in [1.29, 1.82) is 0 Å². The van der Waals surface area contributed by atoms with Crippen molar-refractivity contribution >= 4 is 0 Å². The molecule has 0 aromatic carbocycles. The monoisotopic (exact) mass is 1150 g/mol. The van der Waals surface area contributed by atoms with Crippen molar-refractivity contribution in [2.75, 3.05) is 40.0 Å². The lowest BCUT2D eigenvalue weighted by Crippen LogP contribution is -2.25. The minimum atomic E-state index is -0.223. The molecule has 484 valence electrons. The zero-order valence-electron chi connectivity index (χ0n) is 56.4. The molecule has 0 aromatic heterocycles. The maximum absolute atomic E-state index is 7.01. The fraction of sp³-hybridized carbons (Fsp3) is 0.946. The van der Waals surface area contributed by atoms with Gasteiger partial charge in [0.05, 0.1) is 26.4 Å². The number of hydrogen-bond donors (Lipinski definition) is 0. The first-order valence-corrected chi connectivity index (χ1v) is 36.9. The van der Waals surface area contributed by atoms with Crippen molar-refractivity contribution in [3.05, 3.63) is 23.0 Å². The van der Waals surface area contributed by atoms with Gasteiger partial charge < -0.3 is 33.2 Å². The Morgan fingerprint density at radius 2 is 0.432 bits per heavy atom. The first-order chi connectivity index (χ1) is 40.1. The Bertz CT molecular complexity index is 1170. The molecule has 0 aliphatic rings. The first kappa shape index (κ1) is 79.6. The van der Waals surface area contributed by atoms with Gasteiger partial charge in [0.25, 0.3) is 0 Å². The molecule has 0 fully saturated rings. The summed E-state index contributed by atoms with van der Waals surface area (Å²) in [6.45, 7) is 21.6.